The molecule has 0 saturated carbocycles. The molecular weight excluding hydrogens is 208 g/mol. The minimum absolute atomic E-state index is 0.552. The fourth-order valence-electron chi connectivity index (χ4n) is 3.04. The van der Waals surface area contributed by atoms with E-state index in [2.05, 4.69) is 19.7 Å². The molecule has 0 aliphatic carbocycles. The summed E-state index contributed by atoms with van der Waals surface area (Å²) < 4.78 is 2.91. The van der Waals surface area contributed by atoms with Crippen LogP contribution >= 0.6 is 12.2 Å². The Kier molecular flexibility index (Phi) is 2.36. The van der Waals surface area contributed by atoms with Crippen LogP contribution in [0.25, 0.3) is 0 Å². The van der Waals surface area contributed by atoms with Crippen LogP contribution < -0.4 is 0 Å². The quantitative estimate of drug-likeness (QED) is 0.738. The van der Waals surface area contributed by atoms with Gasteiger partial charge in [-0.3, -0.25) is 10.00 Å². The van der Waals surface area contributed by atoms with E-state index in [9.17, 15) is 0 Å². The molecule has 2 unspecified atom stereocenters. The summed E-state index contributed by atoms with van der Waals surface area (Å²) in [5.74, 6) is 0. The van der Waals surface area contributed by atoms with Crippen LogP contribution in [0.2, 0.25) is 0 Å². The van der Waals surface area contributed by atoms with E-state index in [1.807, 2.05) is 6.33 Å². The standard InChI is InChI=1S/C10H16N4S/c15-10-12-11-7-14(10)9-4-6-13-5-2-1-3-8(9)13/h7-9H,1-6H2,(H,12,15). The van der Waals surface area contributed by atoms with E-state index in [1.54, 1.807) is 0 Å². The molecule has 0 spiro atoms. The van der Waals surface area contributed by atoms with E-state index < -0.39 is 0 Å². The van der Waals surface area contributed by atoms with Gasteiger partial charge in [-0.15, -0.1) is 0 Å². The highest BCUT2D eigenvalue weighted by molar-refractivity contribution is 7.71. The van der Waals surface area contributed by atoms with Crippen molar-refractivity contribution in [1.82, 2.24) is 19.7 Å². The first kappa shape index (κ1) is 9.54. The van der Waals surface area contributed by atoms with Crippen molar-refractivity contribution >= 4 is 12.2 Å². The highest BCUT2D eigenvalue weighted by Crippen LogP contribution is 2.34. The Balaban J connectivity index is 1.88. The fourth-order valence-corrected chi connectivity index (χ4v) is 3.27. The second-order valence-electron chi connectivity index (χ2n) is 4.52. The molecule has 0 amide bonds. The number of fused-ring (bicyclic) bond motifs is 1. The fraction of sp³-hybridized carbons (Fsp3) is 0.800. The lowest BCUT2D eigenvalue weighted by atomic mass is 9.99. The molecule has 1 N–H and O–H groups in total. The van der Waals surface area contributed by atoms with Gasteiger partial charge in [0.2, 0.25) is 0 Å². The molecule has 0 bridgehead atoms. The third kappa shape index (κ3) is 1.54. The second kappa shape index (κ2) is 3.72. The molecule has 0 aromatic carbocycles. The van der Waals surface area contributed by atoms with Crippen molar-refractivity contribution in [1.29, 1.82) is 0 Å². The van der Waals surface area contributed by atoms with Gasteiger partial charge < -0.3 is 4.57 Å². The Hall–Kier alpha value is -0.680. The van der Waals surface area contributed by atoms with Crippen LogP contribution in [0, 0.1) is 4.77 Å². The molecule has 1 aromatic rings. The molecule has 2 atom stereocenters. The monoisotopic (exact) mass is 224 g/mol. The Morgan fingerprint density at radius 2 is 2.20 bits per heavy atom. The minimum atomic E-state index is 0.552. The van der Waals surface area contributed by atoms with Gasteiger partial charge in [0.05, 0.1) is 6.04 Å². The molecule has 82 valence electrons. The molecule has 2 aliphatic heterocycles. The van der Waals surface area contributed by atoms with E-state index in [1.165, 1.54) is 38.8 Å². The number of aromatic nitrogens is 3. The molecule has 5 heteroatoms. The smallest absolute Gasteiger partial charge is 0.195 e. The minimum Gasteiger partial charge on any atom is -0.302 e. The lowest BCUT2D eigenvalue weighted by Gasteiger charge is -2.32. The highest BCUT2D eigenvalue weighted by atomic mass is 32.1. The van der Waals surface area contributed by atoms with Gasteiger partial charge in [0.1, 0.15) is 6.33 Å². The molecule has 2 saturated heterocycles. The number of rotatable bonds is 1. The average Bonchev–Trinajstić information content (AvgIpc) is 2.83. The van der Waals surface area contributed by atoms with Gasteiger partial charge >= 0.3 is 0 Å². The van der Waals surface area contributed by atoms with Crippen LogP contribution in [0.3, 0.4) is 0 Å². The first-order valence-electron chi connectivity index (χ1n) is 5.72. The Bertz CT molecular complexity index is 396. The van der Waals surface area contributed by atoms with Crippen molar-refractivity contribution in [2.24, 2.45) is 0 Å². The largest absolute Gasteiger partial charge is 0.302 e. The van der Waals surface area contributed by atoms with Gasteiger partial charge in [-0.2, -0.15) is 5.10 Å². The Labute approximate surface area is 94.3 Å². The maximum atomic E-state index is 5.24. The predicted molar refractivity (Wildman–Crippen MR) is 60.3 cm³/mol. The number of H-pyrrole nitrogens is 1. The molecule has 3 rings (SSSR count). The van der Waals surface area contributed by atoms with Crippen LogP contribution in [0.15, 0.2) is 6.33 Å². The van der Waals surface area contributed by atoms with Crippen LogP contribution in [0.1, 0.15) is 31.7 Å². The maximum Gasteiger partial charge on any atom is 0.195 e. The number of piperidine rings is 1. The second-order valence-corrected chi connectivity index (χ2v) is 4.91. The molecule has 2 aliphatic rings. The number of hydrogen-bond acceptors (Lipinski definition) is 3. The summed E-state index contributed by atoms with van der Waals surface area (Å²) in [4.78, 5) is 2.61. The van der Waals surface area contributed by atoms with Crippen molar-refractivity contribution in [3.05, 3.63) is 11.1 Å². The van der Waals surface area contributed by atoms with Crippen LogP contribution in [0.4, 0.5) is 0 Å². The van der Waals surface area contributed by atoms with Gasteiger partial charge in [0.25, 0.3) is 0 Å². The van der Waals surface area contributed by atoms with E-state index in [0.717, 1.165) is 4.77 Å². The van der Waals surface area contributed by atoms with Crippen LogP contribution in [-0.2, 0) is 0 Å². The molecule has 3 heterocycles. The summed E-state index contributed by atoms with van der Waals surface area (Å²) in [6.07, 6.45) is 7.12. The predicted octanol–water partition coefficient (Wildman–Crippen LogP) is 1.74. The molecular formula is C10H16N4S. The van der Waals surface area contributed by atoms with Crippen LogP contribution in [-0.4, -0.2) is 38.8 Å². The van der Waals surface area contributed by atoms with E-state index in [4.69, 9.17) is 12.2 Å². The normalized spacial score (nSPS) is 31.7. The van der Waals surface area contributed by atoms with Crippen molar-refractivity contribution in [2.75, 3.05) is 13.1 Å². The third-order valence-corrected chi connectivity index (χ3v) is 4.06. The zero-order chi connectivity index (χ0) is 10.3. The number of aromatic amines is 1. The van der Waals surface area contributed by atoms with Gasteiger partial charge in [-0.1, -0.05) is 6.42 Å². The zero-order valence-electron chi connectivity index (χ0n) is 8.72. The first-order chi connectivity index (χ1) is 7.36. The van der Waals surface area contributed by atoms with Crippen molar-refractivity contribution < 1.29 is 0 Å². The highest BCUT2D eigenvalue weighted by Gasteiger charge is 2.36. The third-order valence-electron chi connectivity index (χ3n) is 3.75. The lowest BCUT2D eigenvalue weighted by molar-refractivity contribution is 0.173. The molecule has 4 nitrogen and oxygen atoms in total. The average molecular weight is 224 g/mol. The van der Waals surface area contributed by atoms with Crippen LogP contribution in [0.5, 0.6) is 0 Å². The topological polar surface area (TPSA) is 36.9 Å². The lowest BCUT2D eigenvalue weighted by Crippen LogP contribution is -2.37. The zero-order valence-corrected chi connectivity index (χ0v) is 9.54. The van der Waals surface area contributed by atoms with E-state index in [-0.39, 0.29) is 0 Å². The summed E-state index contributed by atoms with van der Waals surface area (Å²) in [7, 11) is 0. The van der Waals surface area contributed by atoms with Crippen molar-refractivity contribution in [3.8, 4) is 0 Å². The van der Waals surface area contributed by atoms with E-state index in [0.29, 0.717) is 12.1 Å². The van der Waals surface area contributed by atoms with Gasteiger partial charge in [0, 0.05) is 12.6 Å². The van der Waals surface area contributed by atoms with Gasteiger partial charge in [-0.25, -0.2) is 0 Å². The number of nitrogens with zero attached hydrogens (tertiary/aromatic N) is 3. The molecule has 1 aromatic heterocycles. The van der Waals surface area contributed by atoms with Crippen molar-refractivity contribution in [2.45, 2.75) is 37.8 Å². The SMILES string of the molecule is S=c1[nH]ncn1C1CCN2CCCCC12. The number of nitrogens with one attached hydrogen (secondary N) is 1. The summed E-state index contributed by atoms with van der Waals surface area (Å²) in [5, 5.41) is 6.87. The van der Waals surface area contributed by atoms with Gasteiger partial charge in [-0.05, 0) is 38.0 Å². The maximum absolute atomic E-state index is 5.24. The number of hydrogen-bond donors (Lipinski definition) is 1. The molecule has 0 radical (unpaired) electrons. The summed E-state index contributed by atoms with van der Waals surface area (Å²) in [6, 6.07) is 1.25. The summed E-state index contributed by atoms with van der Waals surface area (Å²) in [6.45, 7) is 2.49. The summed E-state index contributed by atoms with van der Waals surface area (Å²) in [5.41, 5.74) is 0. The molecule has 2 fully saturated rings. The molecule has 15 heavy (non-hydrogen) atoms. The van der Waals surface area contributed by atoms with Gasteiger partial charge in [0.15, 0.2) is 4.77 Å². The van der Waals surface area contributed by atoms with E-state index >= 15 is 0 Å². The Morgan fingerprint density at radius 1 is 1.27 bits per heavy atom. The Morgan fingerprint density at radius 3 is 3.00 bits per heavy atom. The first-order valence-corrected chi connectivity index (χ1v) is 6.12. The van der Waals surface area contributed by atoms with Crippen molar-refractivity contribution in [3.63, 3.8) is 0 Å². The summed E-state index contributed by atoms with van der Waals surface area (Å²) >= 11 is 5.24.